The normalized spacial score (nSPS) is 26.2. The maximum absolute atomic E-state index is 9.05. The Morgan fingerprint density at radius 2 is 2.15 bits per heavy atom. The lowest BCUT2D eigenvalue weighted by atomic mass is 10.0. The van der Waals surface area contributed by atoms with Crippen molar-refractivity contribution in [2.45, 2.75) is 37.4 Å². The van der Waals surface area contributed by atoms with Crippen molar-refractivity contribution >= 4 is 0 Å². The molecule has 0 saturated carbocycles. The third-order valence-corrected chi connectivity index (χ3v) is 2.61. The predicted molar refractivity (Wildman–Crippen MR) is 50.4 cm³/mol. The molecule has 1 saturated heterocycles. The summed E-state index contributed by atoms with van der Waals surface area (Å²) in [5, 5.41) is 18.1. The second-order valence-corrected chi connectivity index (χ2v) is 3.64. The van der Waals surface area contributed by atoms with Gasteiger partial charge in [-0.2, -0.15) is 0 Å². The number of aliphatic hydroxyl groups is 2. The van der Waals surface area contributed by atoms with E-state index in [9.17, 15) is 0 Å². The second-order valence-electron chi connectivity index (χ2n) is 3.64. The maximum Gasteiger partial charge on any atom is 0.115 e. The Bertz CT molecular complexity index is 164. The summed E-state index contributed by atoms with van der Waals surface area (Å²) in [4.78, 5) is 0. The third-order valence-electron chi connectivity index (χ3n) is 2.61. The summed E-state index contributed by atoms with van der Waals surface area (Å²) < 4.78 is 5.60. The van der Waals surface area contributed by atoms with E-state index in [4.69, 9.17) is 14.9 Å². The van der Waals surface area contributed by atoms with Gasteiger partial charge in [0.25, 0.3) is 0 Å². The van der Waals surface area contributed by atoms with Gasteiger partial charge in [0.05, 0.1) is 19.3 Å². The summed E-state index contributed by atoms with van der Waals surface area (Å²) in [6.45, 7) is 3.47. The predicted octanol–water partition coefficient (Wildman–Crippen LogP) is 0.855. The fourth-order valence-electron chi connectivity index (χ4n) is 1.69. The number of allylic oxidation sites excluding steroid dienone is 1. The van der Waals surface area contributed by atoms with Crippen LogP contribution >= 0.6 is 0 Å². The molecule has 0 amide bonds. The molecule has 2 N–H and O–H groups in total. The number of aliphatic hydroxyl groups excluding tert-OH is 2. The second kappa shape index (κ2) is 4.74. The van der Waals surface area contributed by atoms with E-state index >= 15 is 0 Å². The van der Waals surface area contributed by atoms with Gasteiger partial charge in [-0.25, -0.2) is 0 Å². The lowest BCUT2D eigenvalue weighted by molar-refractivity contribution is -0.101. The van der Waals surface area contributed by atoms with E-state index in [1.165, 1.54) is 0 Å². The summed E-state index contributed by atoms with van der Waals surface area (Å²) in [6.07, 6.45) is 5.58. The minimum absolute atomic E-state index is 0.0892. The fraction of sp³-hybridized carbons (Fsp3) is 0.800. The Morgan fingerprint density at radius 1 is 1.46 bits per heavy atom. The fourth-order valence-corrected chi connectivity index (χ4v) is 1.69. The average Bonchev–Trinajstić information content (AvgIpc) is 2.59. The van der Waals surface area contributed by atoms with Crippen LogP contribution in [0.5, 0.6) is 0 Å². The molecule has 3 heteroatoms. The summed E-state index contributed by atoms with van der Waals surface area (Å²) in [7, 11) is 0. The molecule has 0 radical (unpaired) electrons. The Kier molecular flexibility index (Phi) is 3.90. The highest BCUT2D eigenvalue weighted by Gasteiger charge is 2.38. The van der Waals surface area contributed by atoms with Gasteiger partial charge in [-0.1, -0.05) is 6.08 Å². The van der Waals surface area contributed by atoms with Gasteiger partial charge in [0.15, 0.2) is 0 Å². The molecule has 1 atom stereocenters. The van der Waals surface area contributed by atoms with Crippen LogP contribution in [0.2, 0.25) is 0 Å². The van der Waals surface area contributed by atoms with Gasteiger partial charge < -0.3 is 14.9 Å². The van der Waals surface area contributed by atoms with E-state index in [1.54, 1.807) is 0 Å². The lowest BCUT2D eigenvalue weighted by Crippen LogP contribution is -2.37. The minimum Gasteiger partial charge on any atom is -0.393 e. The summed E-state index contributed by atoms with van der Waals surface area (Å²) in [5.41, 5.74) is -0.675. The number of ether oxygens (including phenoxy) is 1. The first-order valence-corrected chi connectivity index (χ1v) is 4.77. The van der Waals surface area contributed by atoms with Crippen molar-refractivity contribution in [3.05, 3.63) is 12.7 Å². The zero-order valence-corrected chi connectivity index (χ0v) is 7.91. The molecule has 0 aromatic rings. The van der Waals surface area contributed by atoms with Crippen LogP contribution < -0.4 is 0 Å². The van der Waals surface area contributed by atoms with Crippen molar-refractivity contribution in [2.75, 3.05) is 13.2 Å². The highest BCUT2D eigenvalue weighted by Crippen LogP contribution is 2.31. The molecule has 1 fully saturated rings. The van der Waals surface area contributed by atoms with Gasteiger partial charge in [-0.05, 0) is 25.7 Å². The standard InChI is InChI=1S/C10H18O3/c1-2-3-4-9-5-6-10(7-11,8-12)13-9/h2,9,11-12H,1,3-8H2. The van der Waals surface area contributed by atoms with Crippen LogP contribution in [0.4, 0.5) is 0 Å². The molecular formula is C10H18O3. The van der Waals surface area contributed by atoms with E-state index in [-0.39, 0.29) is 19.3 Å². The largest absolute Gasteiger partial charge is 0.393 e. The summed E-state index contributed by atoms with van der Waals surface area (Å²) in [5.74, 6) is 0. The van der Waals surface area contributed by atoms with Crippen molar-refractivity contribution in [3.63, 3.8) is 0 Å². The maximum atomic E-state index is 9.05. The monoisotopic (exact) mass is 186 g/mol. The van der Waals surface area contributed by atoms with Gasteiger partial charge in [0.1, 0.15) is 5.60 Å². The highest BCUT2D eigenvalue weighted by atomic mass is 16.5. The molecule has 1 aliphatic heterocycles. The van der Waals surface area contributed by atoms with Crippen LogP contribution in [0.25, 0.3) is 0 Å². The van der Waals surface area contributed by atoms with E-state index in [0.717, 1.165) is 25.7 Å². The van der Waals surface area contributed by atoms with Crippen LogP contribution in [-0.4, -0.2) is 35.1 Å². The van der Waals surface area contributed by atoms with Crippen LogP contribution in [-0.2, 0) is 4.74 Å². The molecule has 1 heterocycles. The quantitative estimate of drug-likeness (QED) is 0.626. The zero-order chi connectivity index (χ0) is 9.73. The van der Waals surface area contributed by atoms with E-state index in [2.05, 4.69) is 6.58 Å². The molecule has 0 spiro atoms. The molecule has 0 aromatic heterocycles. The van der Waals surface area contributed by atoms with Crippen LogP contribution in [0.15, 0.2) is 12.7 Å². The molecular weight excluding hydrogens is 168 g/mol. The van der Waals surface area contributed by atoms with E-state index < -0.39 is 5.60 Å². The first-order valence-electron chi connectivity index (χ1n) is 4.77. The van der Waals surface area contributed by atoms with Gasteiger partial charge >= 0.3 is 0 Å². The average molecular weight is 186 g/mol. The summed E-state index contributed by atoms with van der Waals surface area (Å²) in [6, 6.07) is 0. The molecule has 0 aliphatic carbocycles. The molecule has 0 bridgehead atoms. The van der Waals surface area contributed by atoms with Crippen LogP contribution in [0.3, 0.4) is 0 Å². The molecule has 1 aliphatic rings. The Balaban J connectivity index is 2.37. The first kappa shape index (κ1) is 10.7. The zero-order valence-electron chi connectivity index (χ0n) is 7.91. The molecule has 76 valence electrons. The first-order chi connectivity index (χ1) is 6.26. The Labute approximate surface area is 79.0 Å². The number of rotatable bonds is 5. The van der Waals surface area contributed by atoms with Gasteiger partial charge in [-0.15, -0.1) is 6.58 Å². The minimum atomic E-state index is -0.675. The lowest BCUT2D eigenvalue weighted by Gasteiger charge is -2.24. The van der Waals surface area contributed by atoms with E-state index in [0.29, 0.717) is 0 Å². The van der Waals surface area contributed by atoms with Crippen molar-refractivity contribution < 1.29 is 14.9 Å². The topological polar surface area (TPSA) is 49.7 Å². The van der Waals surface area contributed by atoms with Crippen molar-refractivity contribution in [2.24, 2.45) is 0 Å². The van der Waals surface area contributed by atoms with E-state index in [1.807, 2.05) is 6.08 Å². The molecule has 13 heavy (non-hydrogen) atoms. The van der Waals surface area contributed by atoms with Crippen LogP contribution in [0.1, 0.15) is 25.7 Å². The molecule has 1 unspecified atom stereocenters. The van der Waals surface area contributed by atoms with Gasteiger partial charge in [-0.3, -0.25) is 0 Å². The van der Waals surface area contributed by atoms with Crippen molar-refractivity contribution in [1.29, 1.82) is 0 Å². The smallest absolute Gasteiger partial charge is 0.115 e. The molecule has 3 nitrogen and oxygen atoms in total. The summed E-state index contributed by atoms with van der Waals surface area (Å²) >= 11 is 0. The SMILES string of the molecule is C=CCCC1CCC(CO)(CO)O1. The van der Waals surface area contributed by atoms with Crippen molar-refractivity contribution in [3.8, 4) is 0 Å². The van der Waals surface area contributed by atoms with Crippen molar-refractivity contribution in [1.82, 2.24) is 0 Å². The number of hydrogen-bond donors (Lipinski definition) is 2. The third kappa shape index (κ3) is 2.53. The Morgan fingerprint density at radius 3 is 2.62 bits per heavy atom. The molecule has 1 rings (SSSR count). The van der Waals surface area contributed by atoms with Crippen LogP contribution in [0, 0.1) is 0 Å². The Hall–Kier alpha value is -0.380. The van der Waals surface area contributed by atoms with Gasteiger partial charge in [0, 0.05) is 0 Å². The highest BCUT2D eigenvalue weighted by molar-refractivity contribution is 4.88. The van der Waals surface area contributed by atoms with Gasteiger partial charge in [0.2, 0.25) is 0 Å². The molecule has 0 aromatic carbocycles. The number of hydrogen-bond acceptors (Lipinski definition) is 3.